The highest BCUT2D eigenvalue weighted by Crippen LogP contribution is 2.40. The lowest BCUT2D eigenvalue weighted by atomic mass is 9.91. The summed E-state index contributed by atoms with van der Waals surface area (Å²) >= 11 is 3.51. The van der Waals surface area contributed by atoms with Crippen LogP contribution in [0.5, 0.6) is 11.5 Å². The van der Waals surface area contributed by atoms with Crippen LogP contribution in [-0.4, -0.2) is 18.3 Å². The summed E-state index contributed by atoms with van der Waals surface area (Å²) in [6.45, 7) is 5.34. The summed E-state index contributed by atoms with van der Waals surface area (Å²) in [5, 5.41) is 10.4. The van der Waals surface area contributed by atoms with Crippen LogP contribution in [0, 0.1) is 5.92 Å². The Morgan fingerprint density at radius 2 is 1.72 bits per heavy atom. The van der Waals surface area contributed by atoms with Gasteiger partial charge in [-0.25, -0.2) is 0 Å². The molecule has 1 aromatic rings. The van der Waals surface area contributed by atoms with Crippen molar-refractivity contribution >= 4 is 15.9 Å². The highest BCUT2D eigenvalue weighted by Gasteiger charge is 2.23. The third-order valence-corrected chi connectivity index (χ3v) is 4.16. The molecule has 0 fully saturated rings. The van der Waals surface area contributed by atoms with Crippen LogP contribution >= 0.6 is 15.9 Å². The molecule has 1 aromatic carbocycles. The molecule has 1 atom stereocenters. The van der Waals surface area contributed by atoms with Gasteiger partial charge in [-0.3, -0.25) is 0 Å². The van der Waals surface area contributed by atoms with Gasteiger partial charge in [-0.15, -0.1) is 0 Å². The first-order chi connectivity index (χ1) is 8.67. The summed E-state index contributed by atoms with van der Waals surface area (Å²) in [6.07, 6.45) is 1.45. The molecule has 1 aliphatic heterocycles. The lowest BCUT2D eigenvalue weighted by Gasteiger charge is -2.25. The van der Waals surface area contributed by atoms with Crippen LogP contribution in [0.4, 0.5) is 0 Å². The average Bonchev–Trinajstić information content (AvgIpc) is 2.39. The van der Waals surface area contributed by atoms with Crippen LogP contribution in [-0.2, 0) is 0 Å². The minimum absolute atomic E-state index is 0.267. The molecule has 3 nitrogen and oxygen atoms in total. The molecule has 100 valence electrons. The van der Waals surface area contributed by atoms with Crippen LogP contribution in [0.2, 0.25) is 0 Å². The predicted octanol–water partition coefficient (Wildman–Crippen LogP) is 3.69. The summed E-state index contributed by atoms with van der Waals surface area (Å²) < 4.78 is 12.0. The summed E-state index contributed by atoms with van der Waals surface area (Å²) in [5.41, 5.74) is 0.882. The van der Waals surface area contributed by atoms with Crippen molar-refractivity contribution in [1.29, 1.82) is 0 Å². The van der Waals surface area contributed by atoms with Crippen molar-refractivity contribution in [1.82, 2.24) is 0 Å². The van der Waals surface area contributed by atoms with E-state index >= 15 is 0 Å². The van der Waals surface area contributed by atoms with Crippen molar-refractivity contribution in [2.45, 2.75) is 32.8 Å². The topological polar surface area (TPSA) is 38.7 Å². The molecule has 0 amide bonds. The molecule has 1 N–H and O–H groups in total. The summed E-state index contributed by atoms with van der Waals surface area (Å²) in [7, 11) is 0. The summed E-state index contributed by atoms with van der Waals surface area (Å²) in [6, 6.07) is 3.77. The van der Waals surface area contributed by atoms with Crippen LogP contribution in [0.3, 0.4) is 0 Å². The van der Waals surface area contributed by atoms with Gasteiger partial charge in [0.15, 0.2) is 11.5 Å². The average molecular weight is 315 g/mol. The third kappa shape index (κ3) is 2.64. The van der Waals surface area contributed by atoms with E-state index in [-0.39, 0.29) is 5.92 Å². The van der Waals surface area contributed by atoms with Crippen molar-refractivity contribution in [3.05, 3.63) is 22.2 Å². The quantitative estimate of drug-likeness (QED) is 0.921. The van der Waals surface area contributed by atoms with E-state index in [1.54, 1.807) is 0 Å². The predicted molar refractivity (Wildman–Crippen MR) is 74.2 cm³/mol. The number of hydrogen-bond donors (Lipinski definition) is 1. The van der Waals surface area contributed by atoms with Gasteiger partial charge in [0.25, 0.3) is 0 Å². The van der Waals surface area contributed by atoms with Gasteiger partial charge in [0.05, 0.1) is 6.10 Å². The maximum atomic E-state index is 10.4. The SMILES string of the molecule is CCC(CC)C(O)c1cc2c(cc1Br)OCCO2. The Labute approximate surface area is 116 Å². The molecule has 0 radical (unpaired) electrons. The van der Waals surface area contributed by atoms with E-state index < -0.39 is 6.10 Å². The monoisotopic (exact) mass is 314 g/mol. The van der Waals surface area contributed by atoms with Crippen molar-refractivity contribution in [2.75, 3.05) is 13.2 Å². The minimum Gasteiger partial charge on any atom is -0.486 e. The Bertz CT molecular complexity index is 416. The number of fused-ring (bicyclic) bond motifs is 1. The van der Waals surface area contributed by atoms with Gasteiger partial charge in [0.2, 0.25) is 0 Å². The number of hydrogen-bond acceptors (Lipinski definition) is 3. The van der Waals surface area contributed by atoms with Crippen LogP contribution in [0.1, 0.15) is 38.4 Å². The Morgan fingerprint density at radius 3 is 2.28 bits per heavy atom. The zero-order valence-electron chi connectivity index (χ0n) is 10.8. The van der Waals surface area contributed by atoms with E-state index in [2.05, 4.69) is 29.8 Å². The first kappa shape index (κ1) is 13.7. The van der Waals surface area contributed by atoms with E-state index in [0.717, 1.165) is 34.4 Å². The fraction of sp³-hybridized carbons (Fsp3) is 0.571. The third-order valence-electron chi connectivity index (χ3n) is 3.48. The lowest BCUT2D eigenvalue weighted by molar-refractivity contribution is 0.101. The van der Waals surface area contributed by atoms with E-state index in [4.69, 9.17) is 9.47 Å². The first-order valence-electron chi connectivity index (χ1n) is 6.44. The standard InChI is InChI=1S/C14H19BrO3/c1-3-9(4-2)14(16)10-7-12-13(8-11(10)15)18-6-5-17-12/h7-9,14,16H,3-6H2,1-2H3. The number of aliphatic hydroxyl groups excluding tert-OH is 1. The molecule has 0 bridgehead atoms. The molecule has 1 unspecified atom stereocenters. The minimum atomic E-state index is -0.467. The molecule has 0 saturated heterocycles. The van der Waals surface area contributed by atoms with E-state index in [1.165, 1.54) is 0 Å². The molecule has 4 heteroatoms. The Kier molecular flexibility index (Phi) is 4.51. The van der Waals surface area contributed by atoms with E-state index in [9.17, 15) is 5.11 Å². The summed E-state index contributed by atoms with van der Waals surface area (Å²) in [4.78, 5) is 0. The zero-order chi connectivity index (χ0) is 13.1. The second-order valence-corrected chi connectivity index (χ2v) is 5.39. The Hall–Kier alpha value is -0.740. The van der Waals surface area contributed by atoms with E-state index in [1.807, 2.05) is 12.1 Å². The molecule has 18 heavy (non-hydrogen) atoms. The largest absolute Gasteiger partial charge is 0.486 e. The van der Waals surface area contributed by atoms with Gasteiger partial charge in [0, 0.05) is 4.47 Å². The summed E-state index contributed by atoms with van der Waals surface area (Å²) in [5.74, 6) is 1.74. The van der Waals surface area contributed by atoms with Crippen molar-refractivity contribution < 1.29 is 14.6 Å². The van der Waals surface area contributed by atoms with Gasteiger partial charge in [-0.05, 0) is 23.6 Å². The van der Waals surface area contributed by atoms with E-state index in [0.29, 0.717) is 13.2 Å². The van der Waals surface area contributed by atoms with Crippen LogP contribution in [0.15, 0.2) is 16.6 Å². The molecule has 0 aromatic heterocycles. The lowest BCUT2D eigenvalue weighted by Crippen LogP contribution is -2.17. The molecule has 1 aliphatic rings. The zero-order valence-corrected chi connectivity index (χ0v) is 12.4. The number of halogens is 1. The normalized spacial score (nSPS) is 15.8. The van der Waals surface area contributed by atoms with Gasteiger partial charge < -0.3 is 14.6 Å². The maximum Gasteiger partial charge on any atom is 0.162 e. The molecule has 0 saturated carbocycles. The van der Waals surface area contributed by atoms with Gasteiger partial charge in [-0.1, -0.05) is 42.6 Å². The molecule has 2 rings (SSSR count). The van der Waals surface area contributed by atoms with Crippen molar-refractivity contribution in [2.24, 2.45) is 5.92 Å². The first-order valence-corrected chi connectivity index (χ1v) is 7.23. The number of benzene rings is 1. The van der Waals surface area contributed by atoms with Gasteiger partial charge in [0.1, 0.15) is 13.2 Å². The smallest absolute Gasteiger partial charge is 0.162 e. The fourth-order valence-electron chi connectivity index (χ4n) is 2.30. The van der Waals surface area contributed by atoms with Crippen molar-refractivity contribution in [3.8, 4) is 11.5 Å². The fourth-order valence-corrected chi connectivity index (χ4v) is 2.85. The number of aliphatic hydroxyl groups is 1. The number of rotatable bonds is 4. The second-order valence-electron chi connectivity index (χ2n) is 4.54. The van der Waals surface area contributed by atoms with Gasteiger partial charge >= 0.3 is 0 Å². The highest BCUT2D eigenvalue weighted by molar-refractivity contribution is 9.10. The Morgan fingerprint density at radius 1 is 1.17 bits per heavy atom. The molecule has 1 heterocycles. The maximum absolute atomic E-state index is 10.4. The second kappa shape index (κ2) is 5.93. The molecule has 0 aliphatic carbocycles. The van der Waals surface area contributed by atoms with Gasteiger partial charge in [-0.2, -0.15) is 0 Å². The highest BCUT2D eigenvalue weighted by atomic mass is 79.9. The molecule has 0 spiro atoms. The van der Waals surface area contributed by atoms with Crippen molar-refractivity contribution in [3.63, 3.8) is 0 Å². The molecular weight excluding hydrogens is 296 g/mol. The number of ether oxygens (including phenoxy) is 2. The van der Waals surface area contributed by atoms with Crippen LogP contribution in [0.25, 0.3) is 0 Å². The van der Waals surface area contributed by atoms with Crippen LogP contribution < -0.4 is 9.47 Å². The molecular formula is C14H19BrO3. The Balaban J connectivity index is 2.32.